The highest BCUT2D eigenvalue weighted by Gasteiger charge is 2.32. The molecule has 3 rings (SSSR count). The fourth-order valence-corrected chi connectivity index (χ4v) is 2.78. The Kier molecular flexibility index (Phi) is 2.02. The molecule has 80 valence electrons. The van der Waals surface area contributed by atoms with Crippen LogP contribution >= 0.6 is 11.6 Å². The van der Waals surface area contributed by atoms with Crippen molar-refractivity contribution < 1.29 is 4.39 Å². The van der Waals surface area contributed by atoms with E-state index >= 15 is 0 Å². The van der Waals surface area contributed by atoms with Gasteiger partial charge in [0, 0.05) is 6.54 Å². The van der Waals surface area contributed by atoms with Gasteiger partial charge in [0.1, 0.15) is 12.0 Å². The van der Waals surface area contributed by atoms with Crippen LogP contribution in [0.5, 0.6) is 0 Å². The maximum absolute atomic E-state index is 13.3. The molecule has 2 nitrogen and oxygen atoms in total. The Bertz CT molecular complexity index is 408. The minimum atomic E-state index is -0.159. The second-order valence-corrected chi connectivity index (χ2v) is 4.38. The van der Waals surface area contributed by atoms with Gasteiger partial charge in [-0.1, -0.05) is 0 Å². The van der Waals surface area contributed by atoms with Crippen LogP contribution in [0.25, 0.3) is 0 Å². The molecule has 2 aliphatic rings. The maximum Gasteiger partial charge on any atom is 0.125 e. The van der Waals surface area contributed by atoms with Crippen LogP contribution in [0.1, 0.15) is 12.0 Å². The Morgan fingerprint density at radius 1 is 1.53 bits per heavy atom. The summed E-state index contributed by atoms with van der Waals surface area (Å²) in [7, 11) is 0. The minimum Gasteiger partial charge on any atom is -0.362 e. The van der Waals surface area contributed by atoms with Gasteiger partial charge < -0.3 is 10.2 Å². The second kappa shape index (κ2) is 3.27. The van der Waals surface area contributed by atoms with Gasteiger partial charge in [-0.2, -0.15) is 0 Å². The molecule has 0 bridgehead atoms. The molecule has 0 radical (unpaired) electrons. The molecule has 0 saturated carbocycles. The number of halogens is 2. The van der Waals surface area contributed by atoms with E-state index in [0.29, 0.717) is 5.88 Å². The molecule has 1 aromatic carbocycles. The SMILES string of the molecule is Fc1cc2c3c(c1)NC(CCl)N3CCC2. The number of aryl methyl sites for hydroxylation is 1. The van der Waals surface area contributed by atoms with Gasteiger partial charge >= 0.3 is 0 Å². The lowest BCUT2D eigenvalue weighted by Crippen LogP contribution is -2.39. The van der Waals surface area contributed by atoms with Gasteiger partial charge in [0.05, 0.1) is 17.3 Å². The van der Waals surface area contributed by atoms with Crippen LogP contribution < -0.4 is 10.2 Å². The zero-order valence-corrected chi connectivity index (χ0v) is 9.02. The normalized spacial score (nSPS) is 22.5. The lowest BCUT2D eigenvalue weighted by Gasteiger charge is -2.30. The fraction of sp³-hybridized carbons (Fsp3) is 0.455. The van der Waals surface area contributed by atoms with Gasteiger partial charge in [0.15, 0.2) is 0 Å². The number of alkyl halides is 1. The number of nitrogens with zero attached hydrogens (tertiary/aromatic N) is 1. The summed E-state index contributed by atoms with van der Waals surface area (Å²) >= 11 is 5.89. The van der Waals surface area contributed by atoms with E-state index in [0.717, 1.165) is 36.3 Å². The topological polar surface area (TPSA) is 15.3 Å². The van der Waals surface area contributed by atoms with Crippen molar-refractivity contribution in [2.24, 2.45) is 0 Å². The number of rotatable bonds is 1. The number of nitrogens with one attached hydrogen (secondary N) is 1. The molecule has 0 aromatic heterocycles. The van der Waals surface area contributed by atoms with Crippen molar-refractivity contribution in [1.82, 2.24) is 0 Å². The number of hydrogen-bond acceptors (Lipinski definition) is 2. The first-order valence-electron chi connectivity index (χ1n) is 5.21. The van der Waals surface area contributed by atoms with Crippen molar-refractivity contribution in [3.63, 3.8) is 0 Å². The third-order valence-electron chi connectivity index (χ3n) is 3.13. The molecule has 2 heterocycles. The first-order chi connectivity index (χ1) is 7.29. The van der Waals surface area contributed by atoms with Crippen LogP contribution in [0.4, 0.5) is 15.8 Å². The van der Waals surface area contributed by atoms with Gasteiger partial charge in [-0.25, -0.2) is 4.39 Å². The van der Waals surface area contributed by atoms with E-state index in [9.17, 15) is 4.39 Å². The van der Waals surface area contributed by atoms with E-state index in [2.05, 4.69) is 10.2 Å². The van der Waals surface area contributed by atoms with E-state index in [4.69, 9.17) is 11.6 Å². The summed E-state index contributed by atoms with van der Waals surface area (Å²) in [5, 5.41) is 3.26. The van der Waals surface area contributed by atoms with Gasteiger partial charge in [-0.3, -0.25) is 0 Å². The quantitative estimate of drug-likeness (QED) is 0.741. The third-order valence-corrected chi connectivity index (χ3v) is 3.42. The summed E-state index contributed by atoms with van der Waals surface area (Å²) in [4.78, 5) is 2.25. The van der Waals surface area contributed by atoms with E-state index in [1.165, 1.54) is 0 Å². The van der Waals surface area contributed by atoms with Gasteiger partial charge in [0.2, 0.25) is 0 Å². The monoisotopic (exact) mass is 226 g/mol. The van der Waals surface area contributed by atoms with E-state index in [-0.39, 0.29) is 12.0 Å². The molecular formula is C11H12ClFN2. The van der Waals surface area contributed by atoms with Crippen molar-refractivity contribution in [1.29, 1.82) is 0 Å². The van der Waals surface area contributed by atoms with Crippen molar-refractivity contribution >= 4 is 23.0 Å². The highest BCUT2D eigenvalue weighted by molar-refractivity contribution is 6.18. The summed E-state index contributed by atoms with van der Waals surface area (Å²) in [6.45, 7) is 1.01. The highest BCUT2D eigenvalue weighted by atomic mass is 35.5. The summed E-state index contributed by atoms with van der Waals surface area (Å²) in [6, 6.07) is 3.20. The molecule has 0 amide bonds. The van der Waals surface area contributed by atoms with Crippen LogP contribution in [-0.2, 0) is 6.42 Å². The lowest BCUT2D eigenvalue weighted by atomic mass is 10.0. The zero-order chi connectivity index (χ0) is 10.4. The zero-order valence-electron chi connectivity index (χ0n) is 8.26. The Hall–Kier alpha value is -0.960. The summed E-state index contributed by atoms with van der Waals surface area (Å²) in [6.07, 6.45) is 2.17. The third kappa shape index (κ3) is 1.29. The Morgan fingerprint density at radius 2 is 2.40 bits per heavy atom. The smallest absolute Gasteiger partial charge is 0.125 e. The standard InChI is InChI=1S/C11H12ClFN2/c12-6-10-14-9-5-8(13)4-7-2-1-3-15(10)11(7)9/h4-5,10,14H,1-3,6H2. The summed E-state index contributed by atoms with van der Waals surface area (Å²) in [5.41, 5.74) is 3.17. The molecule has 1 unspecified atom stereocenters. The van der Waals surface area contributed by atoms with Crippen LogP contribution in [0.3, 0.4) is 0 Å². The molecule has 0 fully saturated rings. The van der Waals surface area contributed by atoms with Crippen LogP contribution in [0.15, 0.2) is 12.1 Å². The lowest BCUT2D eigenvalue weighted by molar-refractivity contribution is 0.620. The number of anilines is 2. The largest absolute Gasteiger partial charge is 0.362 e. The van der Waals surface area contributed by atoms with Crippen molar-refractivity contribution in [2.75, 3.05) is 22.6 Å². The predicted molar refractivity (Wildman–Crippen MR) is 60.2 cm³/mol. The van der Waals surface area contributed by atoms with Crippen LogP contribution in [-0.4, -0.2) is 18.6 Å². The predicted octanol–water partition coefficient (Wildman–Crippen LogP) is 2.57. The number of hydrogen-bond donors (Lipinski definition) is 1. The second-order valence-electron chi connectivity index (χ2n) is 4.07. The van der Waals surface area contributed by atoms with E-state index < -0.39 is 0 Å². The van der Waals surface area contributed by atoms with Crippen LogP contribution in [0.2, 0.25) is 0 Å². The van der Waals surface area contributed by atoms with Crippen molar-refractivity contribution in [2.45, 2.75) is 19.0 Å². The first kappa shape index (κ1) is 9.28. The van der Waals surface area contributed by atoms with Gasteiger partial charge in [0.25, 0.3) is 0 Å². The van der Waals surface area contributed by atoms with E-state index in [1.54, 1.807) is 12.1 Å². The Balaban J connectivity index is 2.13. The van der Waals surface area contributed by atoms with Gasteiger partial charge in [-0.15, -0.1) is 11.6 Å². The van der Waals surface area contributed by atoms with E-state index in [1.807, 2.05) is 0 Å². The molecule has 0 spiro atoms. The van der Waals surface area contributed by atoms with Gasteiger partial charge in [-0.05, 0) is 30.5 Å². The average molecular weight is 227 g/mol. The molecule has 0 aliphatic carbocycles. The summed E-state index contributed by atoms with van der Waals surface area (Å²) in [5.74, 6) is 0.365. The molecule has 1 aromatic rings. The number of benzene rings is 1. The first-order valence-corrected chi connectivity index (χ1v) is 5.74. The molecule has 2 aliphatic heterocycles. The molecule has 0 saturated heterocycles. The summed E-state index contributed by atoms with van der Waals surface area (Å²) < 4.78 is 13.3. The Labute approximate surface area is 93.0 Å². The van der Waals surface area contributed by atoms with Crippen LogP contribution in [0, 0.1) is 5.82 Å². The Morgan fingerprint density at radius 3 is 3.20 bits per heavy atom. The molecule has 1 N–H and O–H groups in total. The average Bonchev–Trinajstić information content (AvgIpc) is 2.58. The van der Waals surface area contributed by atoms with Crippen molar-refractivity contribution in [3.05, 3.63) is 23.5 Å². The minimum absolute atomic E-state index is 0.127. The molecular weight excluding hydrogens is 215 g/mol. The molecule has 15 heavy (non-hydrogen) atoms. The van der Waals surface area contributed by atoms with Crippen molar-refractivity contribution in [3.8, 4) is 0 Å². The fourth-order valence-electron chi connectivity index (χ4n) is 2.54. The maximum atomic E-state index is 13.3. The molecule has 1 atom stereocenters. The highest BCUT2D eigenvalue weighted by Crippen LogP contribution is 2.41. The molecule has 4 heteroatoms.